The molecule has 1 aromatic heterocycles. The minimum atomic E-state index is -1.00. The molecule has 0 aliphatic heterocycles. The van der Waals surface area contributed by atoms with Crippen molar-refractivity contribution in [2.24, 2.45) is 5.73 Å². The molecule has 1 atom stereocenters. The Bertz CT molecular complexity index is 586. The van der Waals surface area contributed by atoms with Gasteiger partial charge in [-0.3, -0.25) is 4.79 Å². The van der Waals surface area contributed by atoms with Crippen molar-refractivity contribution in [2.45, 2.75) is 5.92 Å². The van der Waals surface area contributed by atoms with Crippen molar-refractivity contribution >= 4 is 27.6 Å². The average molecular weight is 239 g/mol. The highest BCUT2D eigenvalue weighted by molar-refractivity contribution is 7.16. The van der Waals surface area contributed by atoms with Gasteiger partial charge in [0.25, 0.3) is 0 Å². The first-order chi connectivity index (χ1) is 7.63. The predicted molar refractivity (Wildman–Crippen MR) is 59.8 cm³/mol. The molecule has 3 N–H and O–H groups in total. The normalized spacial score (nSPS) is 12.8. The molecule has 0 aliphatic carbocycles. The van der Waals surface area contributed by atoms with Crippen molar-refractivity contribution in [3.63, 3.8) is 0 Å². The molecule has 84 valence electrons. The summed E-state index contributed by atoms with van der Waals surface area (Å²) in [6.07, 6.45) is 0. The predicted octanol–water partition coefficient (Wildman–Crippen LogP) is 0.981. The molecule has 2 aromatic rings. The monoisotopic (exact) mass is 239 g/mol. The molecule has 0 spiro atoms. The van der Waals surface area contributed by atoms with E-state index in [0.717, 1.165) is 11.3 Å². The minimum Gasteiger partial charge on any atom is -0.481 e. The van der Waals surface area contributed by atoms with Crippen LogP contribution < -0.4 is 10.7 Å². The molecule has 6 heteroatoms. The van der Waals surface area contributed by atoms with Gasteiger partial charge in [0.15, 0.2) is 0 Å². The zero-order chi connectivity index (χ0) is 11.7. The van der Waals surface area contributed by atoms with Crippen molar-refractivity contribution < 1.29 is 14.3 Å². The van der Waals surface area contributed by atoms with E-state index in [-0.39, 0.29) is 6.54 Å². The largest absolute Gasteiger partial charge is 0.481 e. The topological polar surface area (TPSA) is 93.5 Å². The van der Waals surface area contributed by atoms with Gasteiger partial charge in [0, 0.05) is 6.54 Å². The second kappa shape index (κ2) is 4.07. The lowest BCUT2D eigenvalue weighted by molar-refractivity contribution is -0.138. The number of hydrogen-bond donors (Lipinski definition) is 2. The van der Waals surface area contributed by atoms with Crippen molar-refractivity contribution in [3.05, 3.63) is 33.5 Å². The summed E-state index contributed by atoms with van der Waals surface area (Å²) in [6.45, 7) is -0.0134. The number of nitrogens with two attached hydrogens (primary N) is 1. The van der Waals surface area contributed by atoms with Crippen molar-refractivity contribution in [2.75, 3.05) is 6.54 Å². The van der Waals surface area contributed by atoms with Crippen LogP contribution in [0.5, 0.6) is 0 Å². The molecule has 0 radical (unpaired) electrons. The lowest BCUT2D eigenvalue weighted by Crippen LogP contribution is -2.21. The fourth-order valence-corrected chi connectivity index (χ4v) is 2.39. The van der Waals surface area contributed by atoms with E-state index in [9.17, 15) is 9.59 Å². The third kappa shape index (κ3) is 1.72. The maximum atomic E-state index is 11.1. The van der Waals surface area contributed by atoms with Gasteiger partial charge in [0.05, 0.1) is 10.6 Å². The van der Waals surface area contributed by atoms with E-state index in [0.29, 0.717) is 15.8 Å². The lowest BCUT2D eigenvalue weighted by atomic mass is 9.99. The summed E-state index contributed by atoms with van der Waals surface area (Å²) in [7, 11) is 0. The van der Waals surface area contributed by atoms with Crippen LogP contribution in [0.25, 0.3) is 10.3 Å². The second-order valence-corrected chi connectivity index (χ2v) is 4.20. The molecule has 0 amide bonds. The van der Waals surface area contributed by atoms with Crippen molar-refractivity contribution in [1.82, 2.24) is 0 Å². The van der Waals surface area contributed by atoms with Crippen LogP contribution in [0.3, 0.4) is 0 Å². The molecular weight excluding hydrogens is 230 g/mol. The van der Waals surface area contributed by atoms with Gasteiger partial charge in [-0.05, 0) is 11.6 Å². The second-order valence-electron chi connectivity index (χ2n) is 3.26. The van der Waals surface area contributed by atoms with Crippen LogP contribution in [0, 0.1) is 0 Å². The average Bonchev–Trinajstić information content (AvgIpc) is 2.59. The van der Waals surface area contributed by atoms with Crippen LogP contribution in [0.1, 0.15) is 11.5 Å². The number of carbonyl (C=O) groups is 1. The summed E-state index contributed by atoms with van der Waals surface area (Å²) in [6, 6.07) is 4.94. The Balaban J connectivity index is 2.67. The Hall–Kier alpha value is -1.66. The van der Waals surface area contributed by atoms with E-state index in [2.05, 4.69) is 0 Å². The lowest BCUT2D eigenvalue weighted by Gasteiger charge is -2.09. The van der Waals surface area contributed by atoms with Crippen molar-refractivity contribution in [3.8, 4) is 0 Å². The first kappa shape index (κ1) is 10.8. The first-order valence-corrected chi connectivity index (χ1v) is 5.40. The van der Waals surface area contributed by atoms with Crippen LogP contribution >= 0.6 is 11.3 Å². The van der Waals surface area contributed by atoms with Crippen LogP contribution in [-0.4, -0.2) is 17.6 Å². The number of hydrogen-bond acceptors (Lipinski definition) is 5. The molecule has 0 fully saturated rings. The molecular formula is C10H9NO4S. The van der Waals surface area contributed by atoms with Gasteiger partial charge in [-0.15, -0.1) is 0 Å². The highest BCUT2D eigenvalue weighted by Crippen LogP contribution is 2.27. The van der Waals surface area contributed by atoms with Crippen molar-refractivity contribution in [1.29, 1.82) is 0 Å². The van der Waals surface area contributed by atoms with Gasteiger partial charge in [0.1, 0.15) is 5.58 Å². The molecule has 5 nitrogen and oxygen atoms in total. The number of carboxylic acids is 1. The Kier molecular flexibility index (Phi) is 2.76. The quantitative estimate of drug-likeness (QED) is 0.832. The molecule has 1 aromatic carbocycles. The minimum absolute atomic E-state index is 0.0134. The standard InChI is InChI=1S/C10H9NO4S/c11-4-6(9(12)13)5-2-1-3-7-8(5)16-10(14)15-7/h1-3,6H,4,11H2,(H,12,13). The molecule has 1 heterocycles. The van der Waals surface area contributed by atoms with E-state index in [4.69, 9.17) is 15.3 Å². The molecule has 0 bridgehead atoms. The number of carboxylic acid groups (broad SMARTS) is 1. The highest BCUT2D eigenvalue weighted by atomic mass is 32.1. The van der Waals surface area contributed by atoms with Crippen LogP contribution in [0.2, 0.25) is 0 Å². The van der Waals surface area contributed by atoms with Gasteiger partial charge >= 0.3 is 10.9 Å². The fraction of sp³-hybridized carbons (Fsp3) is 0.200. The zero-order valence-electron chi connectivity index (χ0n) is 8.17. The van der Waals surface area contributed by atoms with E-state index in [1.165, 1.54) is 0 Å². The van der Waals surface area contributed by atoms with E-state index in [1.807, 2.05) is 0 Å². The third-order valence-corrected chi connectivity index (χ3v) is 3.19. The molecule has 2 rings (SSSR count). The third-order valence-electron chi connectivity index (χ3n) is 2.30. The zero-order valence-corrected chi connectivity index (χ0v) is 8.99. The maximum Gasteiger partial charge on any atom is 0.396 e. The molecule has 1 unspecified atom stereocenters. The summed E-state index contributed by atoms with van der Waals surface area (Å²) < 4.78 is 5.47. The fourth-order valence-electron chi connectivity index (χ4n) is 1.55. The van der Waals surface area contributed by atoms with Gasteiger partial charge in [-0.2, -0.15) is 0 Å². The summed E-state index contributed by atoms with van der Waals surface area (Å²) in [4.78, 5) is 21.7. The highest BCUT2D eigenvalue weighted by Gasteiger charge is 2.21. The summed E-state index contributed by atoms with van der Waals surface area (Å²) in [5.41, 5.74) is 6.36. The summed E-state index contributed by atoms with van der Waals surface area (Å²) in [5, 5.41) is 9.01. The van der Waals surface area contributed by atoms with Gasteiger partial charge in [-0.1, -0.05) is 23.5 Å². The molecule has 0 saturated heterocycles. The summed E-state index contributed by atoms with van der Waals surface area (Å²) >= 11 is 0.899. The van der Waals surface area contributed by atoms with Gasteiger partial charge in [-0.25, -0.2) is 4.79 Å². The van der Waals surface area contributed by atoms with Gasteiger partial charge in [0.2, 0.25) is 0 Å². The maximum absolute atomic E-state index is 11.1. The Morgan fingerprint density at radius 1 is 1.56 bits per heavy atom. The Morgan fingerprint density at radius 2 is 2.31 bits per heavy atom. The molecule has 16 heavy (non-hydrogen) atoms. The molecule has 0 aliphatic rings. The Morgan fingerprint density at radius 3 is 2.94 bits per heavy atom. The van der Waals surface area contributed by atoms with E-state index < -0.39 is 16.8 Å². The van der Waals surface area contributed by atoms with Crippen LogP contribution in [-0.2, 0) is 4.79 Å². The van der Waals surface area contributed by atoms with Crippen LogP contribution in [0.15, 0.2) is 27.4 Å². The smallest absolute Gasteiger partial charge is 0.396 e. The molecule has 0 saturated carbocycles. The number of benzene rings is 1. The van der Waals surface area contributed by atoms with E-state index >= 15 is 0 Å². The van der Waals surface area contributed by atoms with Gasteiger partial charge < -0.3 is 15.3 Å². The van der Waals surface area contributed by atoms with Crippen LogP contribution in [0.4, 0.5) is 0 Å². The number of fused-ring (bicyclic) bond motifs is 1. The first-order valence-electron chi connectivity index (χ1n) is 4.59. The van der Waals surface area contributed by atoms with E-state index in [1.54, 1.807) is 18.2 Å². The Labute approximate surface area is 94.1 Å². The SMILES string of the molecule is NCC(C(=O)O)c1cccc2oc(=O)sc12. The number of rotatable bonds is 3. The summed E-state index contributed by atoms with van der Waals surface area (Å²) in [5.74, 6) is -1.81. The number of aliphatic carboxylic acids is 1.